The lowest BCUT2D eigenvalue weighted by atomic mass is 10.1. The lowest BCUT2D eigenvalue weighted by Gasteiger charge is -2.07. The summed E-state index contributed by atoms with van der Waals surface area (Å²) in [5.41, 5.74) is 1.14. The molecule has 0 radical (unpaired) electrons. The predicted molar refractivity (Wildman–Crippen MR) is 84.5 cm³/mol. The van der Waals surface area contributed by atoms with Gasteiger partial charge in [-0.2, -0.15) is 10.3 Å². The largest absolute Gasteiger partial charge is 0.493 e. The zero-order chi connectivity index (χ0) is 17.4. The molecule has 128 valence electrons. The van der Waals surface area contributed by atoms with Gasteiger partial charge >= 0.3 is 11.9 Å². The molecule has 8 nitrogen and oxygen atoms in total. The molecule has 0 unspecified atom stereocenters. The Kier molecular flexibility index (Phi) is 6.30. The highest BCUT2D eigenvalue weighted by Gasteiger charge is 2.19. The number of aromatic nitrogens is 3. The molecule has 24 heavy (non-hydrogen) atoms. The second-order valence-corrected chi connectivity index (χ2v) is 4.67. The number of benzene rings is 1. The molecule has 2 aromatic rings. The molecule has 0 saturated heterocycles. The lowest BCUT2D eigenvalue weighted by Crippen LogP contribution is -2.09. The Morgan fingerprint density at radius 2 is 1.92 bits per heavy atom. The molecule has 1 aromatic carbocycles. The number of nitrogens with zero attached hydrogens (tertiary/aromatic N) is 2. The van der Waals surface area contributed by atoms with Crippen LogP contribution in [-0.2, 0) is 14.3 Å². The monoisotopic (exact) mass is 333 g/mol. The number of H-pyrrole nitrogens is 1. The highest BCUT2D eigenvalue weighted by molar-refractivity contribution is 5.93. The number of hydrogen-bond acceptors (Lipinski definition) is 7. The van der Waals surface area contributed by atoms with E-state index in [1.165, 1.54) is 0 Å². The van der Waals surface area contributed by atoms with Crippen molar-refractivity contribution in [3.8, 4) is 17.0 Å². The summed E-state index contributed by atoms with van der Waals surface area (Å²) >= 11 is 0. The van der Waals surface area contributed by atoms with E-state index in [1.807, 2.05) is 0 Å². The molecule has 0 fully saturated rings. The highest BCUT2D eigenvalue weighted by Crippen LogP contribution is 2.24. The van der Waals surface area contributed by atoms with Gasteiger partial charge in [-0.15, -0.1) is 5.10 Å². The summed E-state index contributed by atoms with van der Waals surface area (Å²) in [4.78, 5) is 23.2. The van der Waals surface area contributed by atoms with E-state index in [1.54, 1.807) is 38.1 Å². The molecular weight excluding hydrogens is 314 g/mol. The minimum atomic E-state index is -0.546. The molecule has 0 bridgehead atoms. The van der Waals surface area contributed by atoms with E-state index in [4.69, 9.17) is 14.2 Å². The average molecular weight is 333 g/mol. The van der Waals surface area contributed by atoms with Gasteiger partial charge < -0.3 is 14.2 Å². The molecule has 2 rings (SSSR count). The van der Waals surface area contributed by atoms with Gasteiger partial charge in [0.15, 0.2) is 5.69 Å². The van der Waals surface area contributed by atoms with Crippen LogP contribution in [0.25, 0.3) is 11.3 Å². The number of esters is 2. The van der Waals surface area contributed by atoms with Gasteiger partial charge in [0.25, 0.3) is 0 Å². The van der Waals surface area contributed by atoms with Crippen LogP contribution in [-0.4, -0.2) is 47.2 Å². The topological polar surface area (TPSA) is 103 Å². The molecule has 8 heteroatoms. The standard InChI is InChI=1S/C16H19N3O5/c1-3-22-13(20)8-9-24-12-7-5-6-11(10-12)14-15(18-19-17-14)16(21)23-4-2/h5-7,10H,3-4,8-9H2,1-2H3,(H,17,18,19). The van der Waals surface area contributed by atoms with Crippen molar-refractivity contribution in [2.24, 2.45) is 0 Å². The Balaban J connectivity index is 2.07. The van der Waals surface area contributed by atoms with Gasteiger partial charge in [0.05, 0.1) is 26.2 Å². The van der Waals surface area contributed by atoms with Crippen molar-refractivity contribution in [2.75, 3.05) is 19.8 Å². The molecule has 0 saturated carbocycles. The highest BCUT2D eigenvalue weighted by atomic mass is 16.5. The molecule has 0 aliphatic heterocycles. The van der Waals surface area contributed by atoms with Crippen LogP contribution in [0.15, 0.2) is 24.3 Å². The summed E-state index contributed by atoms with van der Waals surface area (Å²) in [6.07, 6.45) is 0.163. The van der Waals surface area contributed by atoms with Crippen LogP contribution in [0, 0.1) is 0 Å². The summed E-state index contributed by atoms with van der Waals surface area (Å²) < 4.78 is 15.3. The smallest absolute Gasteiger partial charge is 0.361 e. The number of carbonyl (C=O) groups is 2. The van der Waals surface area contributed by atoms with Crippen LogP contribution in [0.1, 0.15) is 30.8 Å². The van der Waals surface area contributed by atoms with E-state index in [9.17, 15) is 9.59 Å². The molecule has 0 aliphatic carbocycles. The van der Waals surface area contributed by atoms with E-state index in [-0.39, 0.29) is 31.3 Å². The van der Waals surface area contributed by atoms with Gasteiger partial charge in [0.2, 0.25) is 0 Å². The summed E-state index contributed by atoms with van der Waals surface area (Å²) in [5, 5.41) is 10.3. The van der Waals surface area contributed by atoms with E-state index in [0.717, 1.165) is 0 Å². The first-order chi connectivity index (χ1) is 11.7. The van der Waals surface area contributed by atoms with Gasteiger partial charge in [-0.3, -0.25) is 4.79 Å². The Labute approximate surface area is 139 Å². The quantitative estimate of drug-likeness (QED) is 0.737. The third-order valence-corrected chi connectivity index (χ3v) is 3.00. The SMILES string of the molecule is CCOC(=O)CCOc1cccc(-c2n[nH]nc2C(=O)OCC)c1. The summed E-state index contributed by atoms with van der Waals surface area (Å²) in [7, 11) is 0. The summed E-state index contributed by atoms with van der Waals surface area (Å²) in [5.74, 6) is -0.306. The Morgan fingerprint density at radius 3 is 2.67 bits per heavy atom. The Hall–Kier alpha value is -2.90. The number of ether oxygens (including phenoxy) is 3. The van der Waals surface area contributed by atoms with Gasteiger partial charge in [0.1, 0.15) is 11.4 Å². The van der Waals surface area contributed by atoms with Gasteiger partial charge in [0, 0.05) is 5.56 Å². The third-order valence-electron chi connectivity index (χ3n) is 3.00. The first-order valence-corrected chi connectivity index (χ1v) is 7.62. The first-order valence-electron chi connectivity index (χ1n) is 7.62. The van der Waals surface area contributed by atoms with Gasteiger partial charge in [-0.05, 0) is 26.0 Å². The average Bonchev–Trinajstić information content (AvgIpc) is 3.05. The number of aromatic amines is 1. The molecule has 0 amide bonds. The number of rotatable bonds is 8. The van der Waals surface area contributed by atoms with E-state index < -0.39 is 5.97 Å². The van der Waals surface area contributed by atoms with Crippen LogP contribution in [0.5, 0.6) is 5.75 Å². The van der Waals surface area contributed by atoms with E-state index in [2.05, 4.69) is 15.4 Å². The zero-order valence-corrected chi connectivity index (χ0v) is 13.6. The molecule has 0 atom stereocenters. The van der Waals surface area contributed by atoms with Crippen LogP contribution in [0.3, 0.4) is 0 Å². The van der Waals surface area contributed by atoms with Crippen molar-refractivity contribution in [2.45, 2.75) is 20.3 Å². The van der Waals surface area contributed by atoms with Gasteiger partial charge in [-0.1, -0.05) is 12.1 Å². The molecular formula is C16H19N3O5. The fourth-order valence-electron chi connectivity index (χ4n) is 1.99. The molecule has 1 aromatic heterocycles. The maximum Gasteiger partial charge on any atom is 0.361 e. The van der Waals surface area contributed by atoms with Crippen molar-refractivity contribution >= 4 is 11.9 Å². The lowest BCUT2D eigenvalue weighted by molar-refractivity contribution is -0.143. The van der Waals surface area contributed by atoms with Crippen molar-refractivity contribution in [3.63, 3.8) is 0 Å². The number of nitrogens with one attached hydrogen (secondary N) is 1. The van der Waals surface area contributed by atoms with Gasteiger partial charge in [-0.25, -0.2) is 4.79 Å². The molecule has 1 heterocycles. The van der Waals surface area contributed by atoms with E-state index >= 15 is 0 Å². The van der Waals surface area contributed by atoms with Crippen molar-refractivity contribution in [1.29, 1.82) is 0 Å². The van der Waals surface area contributed by atoms with Crippen molar-refractivity contribution < 1.29 is 23.8 Å². The van der Waals surface area contributed by atoms with E-state index in [0.29, 0.717) is 23.6 Å². The van der Waals surface area contributed by atoms with Crippen LogP contribution in [0.4, 0.5) is 0 Å². The zero-order valence-electron chi connectivity index (χ0n) is 13.6. The fraction of sp³-hybridized carbons (Fsp3) is 0.375. The molecule has 1 N–H and O–H groups in total. The number of hydrogen-bond donors (Lipinski definition) is 1. The molecule has 0 spiro atoms. The van der Waals surface area contributed by atoms with Crippen LogP contribution >= 0.6 is 0 Å². The second kappa shape index (κ2) is 8.66. The third kappa shape index (κ3) is 4.55. The van der Waals surface area contributed by atoms with Crippen LogP contribution < -0.4 is 4.74 Å². The van der Waals surface area contributed by atoms with Crippen molar-refractivity contribution in [1.82, 2.24) is 15.4 Å². The maximum absolute atomic E-state index is 11.9. The predicted octanol–water partition coefficient (Wildman–Crippen LogP) is 1.98. The normalized spacial score (nSPS) is 10.2. The number of carbonyl (C=O) groups excluding carboxylic acids is 2. The Bertz CT molecular complexity index is 699. The molecule has 0 aliphatic rings. The Morgan fingerprint density at radius 1 is 1.12 bits per heavy atom. The maximum atomic E-state index is 11.9. The first kappa shape index (κ1) is 17.5. The minimum absolute atomic E-state index is 0.112. The fourth-order valence-corrected chi connectivity index (χ4v) is 1.99. The second-order valence-electron chi connectivity index (χ2n) is 4.67. The van der Waals surface area contributed by atoms with Crippen LogP contribution in [0.2, 0.25) is 0 Å². The minimum Gasteiger partial charge on any atom is -0.493 e. The van der Waals surface area contributed by atoms with Crippen molar-refractivity contribution in [3.05, 3.63) is 30.0 Å². The summed E-state index contributed by atoms with van der Waals surface area (Å²) in [6, 6.07) is 7.00. The summed E-state index contributed by atoms with van der Waals surface area (Å²) in [6.45, 7) is 4.27.